The smallest absolute Gasteiger partial charge is 0.328 e. The second kappa shape index (κ2) is 9.98. The van der Waals surface area contributed by atoms with Crippen molar-refractivity contribution >= 4 is 24.5 Å². The van der Waals surface area contributed by atoms with Gasteiger partial charge in [-0.2, -0.15) is 12.6 Å². The lowest BCUT2D eigenvalue weighted by Crippen LogP contribution is -2.45. The molecule has 150 valence electrons. The maximum absolute atomic E-state index is 13.5. The lowest BCUT2D eigenvalue weighted by atomic mass is 9.98. The van der Waals surface area contributed by atoms with Gasteiger partial charge in [-0.3, -0.25) is 9.69 Å². The molecule has 1 aliphatic heterocycles. The minimum atomic E-state index is -0.574. The van der Waals surface area contributed by atoms with Gasteiger partial charge in [0.1, 0.15) is 11.9 Å². The number of rotatable bonds is 7. The number of nitrogens with one attached hydrogen (secondary N) is 1. The first-order chi connectivity index (χ1) is 14.2. The number of methoxy groups -OCH3 is 1. The molecule has 2 aromatic carbocycles. The summed E-state index contributed by atoms with van der Waals surface area (Å²) in [6.45, 7) is 0.412. The Morgan fingerprint density at radius 3 is 2.59 bits per heavy atom. The van der Waals surface area contributed by atoms with E-state index in [2.05, 4.69) is 17.9 Å². The van der Waals surface area contributed by atoms with Crippen LogP contribution in [0.2, 0.25) is 0 Å². The van der Waals surface area contributed by atoms with Gasteiger partial charge in [0, 0.05) is 12.1 Å². The van der Waals surface area contributed by atoms with Crippen molar-refractivity contribution in [1.82, 2.24) is 10.2 Å². The highest BCUT2D eigenvalue weighted by Gasteiger charge is 2.26. The highest BCUT2D eigenvalue weighted by atomic mass is 32.1. The van der Waals surface area contributed by atoms with Crippen LogP contribution in [0.1, 0.15) is 16.8 Å². The number of carbonyl (C=O) groups excluding carboxylic acids is 2. The molecule has 0 unspecified atom stereocenters. The number of nitrogens with zero attached hydrogens (tertiary/aromatic N) is 1. The van der Waals surface area contributed by atoms with E-state index in [0.29, 0.717) is 30.1 Å². The molecule has 0 aromatic heterocycles. The van der Waals surface area contributed by atoms with Crippen molar-refractivity contribution in [3.63, 3.8) is 0 Å². The number of carbonyl (C=O) groups is 2. The van der Waals surface area contributed by atoms with Crippen LogP contribution in [0, 0.1) is 0 Å². The predicted octanol–water partition coefficient (Wildman–Crippen LogP) is 3.66. The van der Waals surface area contributed by atoms with Gasteiger partial charge in [-0.05, 0) is 35.4 Å². The second-order valence-corrected chi connectivity index (χ2v) is 6.99. The fraction of sp³-hybridized carbons (Fsp3) is 0.217. The van der Waals surface area contributed by atoms with E-state index in [1.54, 1.807) is 11.0 Å². The van der Waals surface area contributed by atoms with Gasteiger partial charge in [-0.1, -0.05) is 60.7 Å². The monoisotopic (exact) mass is 408 g/mol. The maximum Gasteiger partial charge on any atom is 0.328 e. The first-order valence-corrected chi connectivity index (χ1v) is 10.1. The third-order valence-corrected chi connectivity index (χ3v) is 4.94. The molecule has 0 saturated carbocycles. The molecule has 0 spiro atoms. The van der Waals surface area contributed by atoms with Crippen LogP contribution in [0.4, 0.5) is 0 Å². The molecule has 5 nitrogen and oxygen atoms in total. The Hall–Kier alpha value is -2.99. The quantitative estimate of drug-likeness (QED) is 0.542. The van der Waals surface area contributed by atoms with Gasteiger partial charge in [0.25, 0.3) is 5.91 Å². The summed E-state index contributed by atoms with van der Waals surface area (Å²) < 4.78 is 4.88. The van der Waals surface area contributed by atoms with Gasteiger partial charge >= 0.3 is 5.97 Å². The van der Waals surface area contributed by atoms with E-state index in [1.807, 2.05) is 66.7 Å². The number of ether oxygens (including phenoxy) is 1. The number of hydrogen-bond donors (Lipinski definition) is 2. The topological polar surface area (TPSA) is 58.6 Å². The van der Waals surface area contributed by atoms with Crippen molar-refractivity contribution in [3.8, 4) is 11.1 Å². The summed E-state index contributed by atoms with van der Waals surface area (Å²) in [5.74, 6) is 0.562. The van der Waals surface area contributed by atoms with E-state index in [-0.39, 0.29) is 11.9 Å². The molecular formula is C23H24N2O3S. The molecule has 0 bridgehead atoms. The molecule has 1 aliphatic rings. The van der Waals surface area contributed by atoms with E-state index >= 15 is 0 Å². The molecule has 0 radical (unpaired) electrons. The zero-order valence-electron chi connectivity index (χ0n) is 16.2. The van der Waals surface area contributed by atoms with Crippen LogP contribution in [0.15, 0.2) is 78.6 Å². The minimum Gasteiger partial charge on any atom is -0.467 e. The van der Waals surface area contributed by atoms with Crippen molar-refractivity contribution in [3.05, 3.63) is 84.2 Å². The first-order valence-electron chi connectivity index (χ1n) is 9.44. The number of thiol groups is 1. The number of amides is 1. The molecular weight excluding hydrogens is 384 g/mol. The SMILES string of the molecule is COC(=O)[C@H](CCS)NC1=CC=CCN1C(=O)c1ccccc1-c1ccccc1. The largest absolute Gasteiger partial charge is 0.467 e. The molecule has 2 aromatic rings. The second-order valence-electron chi connectivity index (χ2n) is 6.54. The van der Waals surface area contributed by atoms with Crippen molar-refractivity contribution < 1.29 is 14.3 Å². The molecule has 1 heterocycles. The van der Waals surface area contributed by atoms with E-state index in [9.17, 15) is 9.59 Å². The molecule has 6 heteroatoms. The Bertz CT molecular complexity index is 925. The third kappa shape index (κ3) is 4.90. The van der Waals surface area contributed by atoms with Crippen LogP contribution in [0.3, 0.4) is 0 Å². The molecule has 1 amide bonds. The van der Waals surface area contributed by atoms with Crippen LogP contribution in [0.25, 0.3) is 11.1 Å². The van der Waals surface area contributed by atoms with Crippen LogP contribution < -0.4 is 5.32 Å². The molecule has 0 aliphatic carbocycles. The summed E-state index contributed by atoms with van der Waals surface area (Å²) in [5, 5.41) is 3.16. The number of allylic oxidation sites excluding steroid dienone is 2. The lowest BCUT2D eigenvalue weighted by Gasteiger charge is -2.30. The fourth-order valence-corrected chi connectivity index (χ4v) is 3.47. The van der Waals surface area contributed by atoms with Gasteiger partial charge in [0.2, 0.25) is 0 Å². The summed E-state index contributed by atoms with van der Waals surface area (Å²) in [7, 11) is 1.35. The van der Waals surface area contributed by atoms with Crippen LogP contribution in [0.5, 0.6) is 0 Å². The Morgan fingerprint density at radius 2 is 1.86 bits per heavy atom. The van der Waals surface area contributed by atoms with Gasteiger partial charge in [-0.25, -0.2) is 4.79 Å². The molecule has 1 atom stereocenters. The van der Waals surface area contributed by atoms with E-state index in [0.717, 1.165) is 11.1 Å². The molecule has 1 N–H and O–H groups in total. The summed E-state index contributed by atoms with van der Waals surface area (Å²) in [4.78, 5) is 27.2. The first kappa shape index (κ1) is 20.7. The Morgan fingerprint density at radius 1 is 1.14 bits per heavy atom. The Balaban J connectivity index is 1.90. The zero-order valence-corrected chi connectivity index (χ0v) is 17.1. The number of benzene rings is 2. The van der Waals surface area contributed by atoms with Crippen LogP contribution >= 0.6 is 12.6 Å². The fourth-order valence-electron chi connectivity index (χ4n) is 3.22. The van der Waals surface area contributed by atoms with E-state index in [1.165, 1.54) is 7.11 Å². The van der Waals surface area contributed by atoms with Gasteiger partial charge in [0.05, 0.1) is 7.11 Å². The average molecular weight is 409 g/mol. The third-order valence-electron chi connectivity index (χ3n) is 4.68. The number of hydrogen-bond acceptors (Lipinski definition) is 5. The van der Waals surface area contributed by atoms with Gasteiger partial charge in [-0.15, -0.1) is 0 Å². The highest BCUT2D eigenvalue weighted by molar-refractivity contribution is 7.80. The average Bonchev–Trinajstić information content (AvgIpc) is 2.78. The van der Waals surface area contributed by atoms with Crippen molar-refractivity contribution in [2.75, 3.05) is 19.4 Å². The van der Waals surface area contributed by atoms with Crippen molar-refractivity contribution in [2.45, 2.75) is 12.5 Å². The standard InChI is InChI=1S/C23H24N2O3S/c1-28-23(27)20(14-16-29)24-21-13-7-8-15-25(21)22(26)19-12-6-5-11-18(19)17-9-3-2-4-10-17/h2-13,20,24,29H,14-16H2,1H3/t20-/m0/s1. The Labute approximate surface area is 176 Å². The zero-order chi connectivity index (χ0) is 20.6. The minimum absolute atomic E-state index is 0.137. The van der Waals surface area contributed by atoms with Gasteiger partial charge in [0.15, 0.2) is 0 Å². The summed E-state index contributed by atoms with van der Waals surface area (Å²) in [5.41, 5.74) is 2.45. The molecule has 0 fully saturated rings. The molecule has 0 saturated heterocycles. The predicted molar refractivity (Wildman–Crippen MR) is 118 cm³/mol. The Kier molecular flexibility index (Phi) is 7.14. The summed E-state index contributed by atoms with van der Waals surface area (Å²) >= 11 is 4.22. The van der Waals surface area contributed by atoms with Crippen LogP contribution in [-0.2, 0) is 9.53 Å². The maximum atomic E-state index is 13.5. The van der Waals surface area contributed by atoms with E-state index < -0.39 is 6.04 Å². The summed E-state index contributed by atoms with van der Waals surface area (Å²) in [6.07, 6.45) is 6.05. The van der Waals surface area contributed by atoms with Crippen molar-refractivity contribution in [2.24, 2.45) is 0 Å². The van der Waals surface area contributed by atoms with Gasteiger partial charge < -0.3 is 10.1 Å². The summed E-state index contributed by atoms with van der Waals surface area (Å²) in [6, 6.07) is 16.8. The van der Waals surface area contributed by atoms with Crippen LogP contribution in [-0.4, -0.2) is 42.2 Å². The normalized spacial score (nSPS) is 14.1. The lowest BCUT2D eigenvalue weighted by molar-refractivity contribution is -0.143. The molecule has 29 heavy (non-hydrogen) atoms. The highest BCUT2D eigenvalue weighted by Crippen LogP contribution is 2.26. The van der Waals surface area contributed by atoms with E-state index in [4.69, 9.17) is 4.74 Å². The van der Waals surface area contributed by atoms with Crippen molar-refractivity contribution in [1.29, 1.82) is 0 Å². The number of esters is 1. The molecule has 3 rings (SSSR count).